The van der Waals surface area contributed by atoms with Gasteiger partial charge in [-0.25, -0.2) is 14.5 Å². The number of rotatable bonds is 8. The molecule has 9 nitrogen and oxygen atoms in total. The molecule has 1 aromatic carbocycles. The van der Waals surface area contributed by atoms with Crippen LogP contribution in [0.3, 0.4) is 0 Å². The Bertz CT molecular complexity index is 946. The molecule has 4 N–H and O–H groups in total. The second kappa shape index (κ2) is 9.46. The fourth-order valence-corrected chi connectivity index (χ4v) is 2.74. The number of amides is 1. The van der Waals surface area contributed by atoms with Crippen LogP contribution in [0.5, 0.6) is 0 Å². The van der Waals surface area contributed by atoms with Gasteiger partial charge in [-0.15, -0.1) is 10.2 Å². The molecule has 0 aliphatic rings. The second-order valence-corrected chi connectivity index (χ2v) is 6.47. The summed E-state index contributed by atoms with van der Waals surface area (Å²) in [7, 11) is 0. The summed E-state index contributed by atoms with van der Waals surface area (Å²) >= 11 is 1.13. The number of aromatic nitrogens is 4. The first kappa shape index (κ1) is 19.3. The van der Waals surface area contributed by atoms with Crippen molar-refractivity contribution in [2.45, 2.75) is 11.7 Å². The first-order chi connectivity index (χ1) is 13.6. The molecule has 0 bridgehead atoms. The number of anilines is 1. The van der Waals surface area contributed by atoms with Gasteiger partial charge in [0.25, 0.3) is 5.95 Å². The van der Waals surface area contributed by atoms with Gasteiger partial charge in [0.1, 0.15) is 5.82 Å². The molecule has 0 aliphatic heterocycles. The molecule has 0 radical (unpaired) electrons. The first-order valence-corrected chi connectivity index (χ1v) is 9.14. The SMILES string of the molecule is Nn1c(N/N=C/c2cccnc2)nnc1SCC(=O)NCc1ccc(F)cc1. The predicted octanol–water partition coefficient (Wildman–Crippen LogP) is 1.38. The zero-order valence-corrected chi connectivity index (χ0v) is 15.4. The van der Waals surface area contributed by atoms with Crippen LogP contribution < -0.4 is 16.6 Å². The van der Waals surface area contributed by atoms with Crippen LogP contribution >= 0.6 is 11.8 Å². The Balaban J connectivity index is 1.46. The number of pyridine rings is 1. The third-order valence-electron chi connectivity index (χ3n) is 3.46. The molecule has 11 heteroatoms. The van der Waals surface area contributed by atoms with Crippen LogP contribution in [-0.2, 0) is 11.3 Å². The van der Waals surface area contributed by atoms with Crippen molar-refractivity contribution in [3.05, 3.63) is 65.7 Å². The van der Waals surface area contributed by atoms with E-state index in [0.717, 1.165) is 22.9 Å². The Morgan fingerprint density at radius 3 is 2.86 bits per heavy atom. The molecular weight excluding hydrogens is 383 g/mol. The molecule has 2 aromatic heterocycles. The standard InChI is InChI=1S/C17H17FN8OS/c18-14-5-3-12(4-6-14)9-21-15(27)11-28-17-25-24-16(26(17)19)23-22-10-13-2-1-7-20-8-13/h1-8,10H,9,11,19H2,(H,21,27)(H,23,24)/b22-10+. The van der Waals surface area contributed by atoms with Crippen molar-refractivity contribution in [2.24, 2.45) is 5.10 Å². The minimum absolute atomic E-state index is 0.107. The first-order valence-electron chi connectivity index (χ1n) is 8.15. The van der Waals surface area contributed by atoms with Gasteiger partial charge in [0.2, 0.25) is 11.1 Å². The topological polar surface area (TPSA) is 123 Å². The summed E-state index contributed by atoms with van der Waals surface area (Å²) in [5, 5.41) is 14.9. The molecule has 2 heterocycles. The number of carbonyl (C=O) groups is 1. The largest absolute Gasteiger partial charge is 0.351 e. The molecule has 0 saturated heterocycles. The minimum atomic E-state index is -0.318. The van der Waals surface area contributed by atoms with Gasteiger partial charge in [-0.05, 0) is 23.8 Å². The van der Waals surface area contributed by atoms with Crippen molar-refractivity contribution in [1.29, 1.82) is 0 Å². The van der Waals surface area contributed by atoms with Crippen molar-refractivity contribution in [3.63, 3.8) is 0 Å². The molecule has 0 atom stereocenters. The lowest BCUT2D eigenvalue weighted by Crippen LogP contribution is -2.25. The molecule has 0 fully saturated rings. The lowest BCUT2D eigenvalue weighted by Gasteiger charge is -2.05. The highest BCUT2D eigenvalue weighted by Gasteiger charge is 2.11. The van der Waals surface area contributed by atoms with Gasteiger partial charge in [-0.2, -0.15) is 5.10 Å². The molecule has 0 aliphatic carbocycles. The van der Waals surface area contributed by atoms with Crippen molar-refractivity contribution < 1.29 is 9.18 Å². The molecule has 3 aromatic rings. The Morgan fingerprint density at radius 2 is 2.11 bits per heavy atom. The molecule has 0 spiro atoms. The van der Waals surface area contributed by atoms with Gasteiger partial charge in [0.05, 0.1) is 12.0 Å². The maximum atomic E-state index is 12.9. The zero-order valence-electron chi connectivity index (χ0n) is 14.6. The summed E-state index contributed by atoms with van der Waals surface area (Å²) in [5.74, 6) is 5.72. The minimum Gasteiger partial charge on any atom is -0.351 e. The number of benzene rings is 1. The van der Waals surface area contributed by atoms with Crippen molar-refractivity contribution in [2.75, 3.05) is 17.0 Å². The number of nitrogens with two attached hydrogens (primary N) is 1. The summed E-state index contributed by atoms with van der Waals surface area (Å²) in [4.78, 5) is 15.9. The van der Waals surface area contributed by atoms with Crippen LogP contribution in [0.15, 0.2) is 59.0 Å². The van der Waals surface area contributed by atoms with E-state index in [0.29, 0.717) is 11.7 Å². The maximum Gasteiger partial charge on any atom is 0.264 e. The van der Waals surface area contributed by atoms with Gasteiger partial charge in [-0.1, -0.05) is 30.0 Å². The highest BCUT2D eigenvalue weighted by Crippen LogP contribution is 2.16. The van der Waals surface area contributed by atoms with E-state index in [1.165, 1.54) is 16.8 Å². The van der Waals surface area contributed by atoms with Crippen molar-refractivity contribution >= 4 is 29.8 Å². The number of nitrogens with one attached hydrogen (secondary N) is 2. The maximum absolute atomic E-state index is 12.9. The lowest BCUT2D eigenvalue weighted by atomic mass is 10.2. The van der Waals surface area contributed by atoms with E-state index in [9.17, 15) is 9.18 Å². The van der Waals surface area contributed by atoms with Gasteiger partial charge in [-0.3, -0.25) is 9.78 Å². The summed E-state index contributed by atoms with van der Waals surface area (Å²) in [6, 6.07) is 9.56. The lowest BCUT2D eigenvalue weighted by molar-refractivity contribution is -0.118. The molecule has 144 valence electrons. The van der Waals surface area contributed by atoms with E-state index in [1.54, 1.807) is 36.8 Å². The third kappa shape index (κ3) is 5.51. The molecule has 0 unspecified atom stereocenters. The Labute approximate surface area is 164 Å². The number of hydrazone groups is 1. The van der Waals surface area contributed by atoms with Gasteiger partial charge in [0.15, 0.2) is 0 Å². The fourth-order valence-electron chi connectivity index (χ4n) is 2.05. The molecule has 0 saturated carbocycles. The average molecular weight is 400 g/mol. The van der Waals surface area contributed by atoms with E-state index in [-0.39, 0.29) is 23.4 Å². The van der Waals surface area contributed by atoms with Crippen LogP contribution in [0.1, 0.15) is 11.1 Å². The van der Waals surface area contributed by atoms with E-state index < -0.39 is 0 Å². The van der Waals surface area contributed by atoms with Crippen LogP contribution in [0, 0.1) is 5.82 Å². The Kier molecular flexibility index (Phi) is 6.52. The molecule has 28 heavy (non-hydrogen) atoms. The molecule has 3 rings (SSSR count). The number of hydrogen-bond donors (Lipinski definition) is 3. The number of halogens is 1. The molecule has 1 amide bonds. The predicted molar refractivity (Wildman–Crippen MR) is 105 cm³/mol. The van der Waals surface area contributed by atoms with Crippen LogP contribution in [-0.4, -0.2) is 37.7 Å². The summed E-state index contributed by atoms with van der Waals surface area (Å²) in [5.41, 5.74) is 4.30. The zero-order chi connectivity index (χ0) is 19.8. The van der Waals surface area contributed by atoms with E-state index in [2.05, 4.69) is 31.0 Å². The van der Waals surface area contributed by atoms with Crippen LogP contribution in [0.2, 0.25) is 0 Å². The van der Waals surface area contributed by atoms with E-state index in [4.69, 9.17) is 5.84 Å². The number of nitrogens with zero attached hydrogens (tertiary/aromatic N) is 5. The summed E-state index contributed by atoms with van der Waals surface area (Å²) in [6.45, 7) is 0.310. The number of carbonyl (C=O) groups excluding carboxylic acids is 1. The number of nitrogen functional groups attached to an aromatic ring is 1. The van der Waals surface area contributed by atoms with Crippen molar-refractivity contribution in [1.82, 2.24) is 25.2 Å². The van der Waals surface area contributed by atoms with Gasteiger partial charge >= 0.3 is 0 Å². The van der Waals surface area contributed by atoms with Crippen LogP contribution in [0.25, 0.3) is 0 Å². The monoisotopic (exact) mass is 400 g/mol. The fraction of sp³-hybridized carbons (Fsp3) is 0.118. The average Bonchev–Trinajstić information content (AvgIpc) is 3.06. The van der Waals surface area contributed by atoms with Gasteiger partial charge < -0.3 is 11.2 Å². The second-order valence-electron chi connectivity index (χ2n) is 5.52. The number of thioether (sulfide) groups is 1. The van der Waals surface area contributed by atoms with Gasteiger partial charge in [0, 0.05) is 24.5 Å². The summed E-state index contributed by atoms with van der Waals surface area (Å²) in [6.07, 6.45) is 4.89. The van der Waals surface area contributed by atoms with Crippen LogP contribution in [0.4, 0.5) is 10.3 Å². The third-order valence-corrected chi connectivity index (χ3v) is 4.41. The highest BCUT2D eigenvalue weighted by atomic mass is 32.2. The summed E-state index contributed by atoms with van der Waals surface area (Å²) < 4.78 is 14.1. The Morgan fingerprint density at radius 1 is 1.29 bits per heavy atom. The highest BCUT2D eigenvalue weighted by molar-refractivity contribution is 7.99. The normalized spacial score (nSPS) is 10.9. The number of hydrogen-bond acceptors (Lipinski definition) is 8. The smallest absolute Gasteiger partial charge is 0.264 e. The van der Waals surface area contributed by atoms with E-state index >= 15 is 0 Å². The quantitative estimate of drug-likeness (QED) is 0.226. The molecular formula is C17H17FN8OS. The Hall–Kier alpha value is -3.47. The van der Waals surface area contributed by atoms with Crippen molar-refractivity contribution in [3.8, 4) is 0 Å². The van der Waals surface area contributed by atoms with E-state index in [1.807, 2.05) is 6.07 Å².